The average molecular weight is 456 g/mol. The fraction of sp³-hybridized carbons (Fsp3) is 0.278. The van der Waals surface area contributed by atoms with Gasteiger partial charge in [-0.25, -0.2) is 4.79 Å². The maximum Gasteiger partial charge on any atom is 0.339 e. The van der Waals surface area contributed by atoms with Crippen molar-refractivity contribution in [1.82, 2.24) is 0 Å². The predicted molar refractivity (Wildman–Crippen MR) is 99.1 cm³/mol. The normalized spacial score (nSPS) is 15.4. The van der Waals surface area contributed by atoms with Gasteiger partial charge < -0.3 is 23.7 Å². The van der Waals surface area contributed by atoms with Crippen molar-refractivity contribution in [2.24, 2.45) is 0 Å². The Hall–Kier alpha value is -2.16. The van der Waals surface area contributed by atoms with Gasteiger partial charge in [0.15, 0.2) is 6.10 Å². The largest absolute Gasteiger partial charge is 0.497 e. The lowest BCUT2D eigenvalue weighted by atomic mass is 9.97. The molecule has 0 radical (unpaired) electrons. The first kappa shape index (κ1) is 17.7. The molecular weight excluding hydrogens is 439 g/mol. The fourth-order valence-electron chi connectivity index (χ4n) is 2.83. The summed E-state index contributed by atoms with van der Waals surface area (Å²) in [5, 5.41) is 0. The van der Waals surface area contributed by atoms with Crippen LogP contribution in [0.15, 0.2) is 24.3 Å². The molecule has 0 aromatic heterocycles. The summed E-state index contributed by atoms with van der Waals surface area (Å²) in [5.74, 6) is 1.90. The van der Waals surface area contributed by atoms with Crippen molar-refractivity contribution in [3.63, 3.8) is 0 Å². The minimum atomic E-state index is -0.612. The summed E-state index contributed by atoms with van der Waals surface area (Å²) >= 11 is 2.17. The number of hydrogen-bond acceptors (Lipinski definition) is 6. The first-order valence-electron chi connectivity index (χ1n) is 7.42. The van der Waals surface area contributed by atoms with Crippen molar-refractivity contribution < 1.29 is 28.5 Å². The van der Waals surface area contributed by atoms with E-state index in [-0.39, 0.29) is 0 Å². The average Bonchev–Trinajstić information content (AvgIpc) is 2.97. The lowest BCUT2D eigenvalue weighted by molar-refractivity contribution is 0.0452. The molecule has 1 heterocycles. The molecule has 2 aromatic rings. The summed E-state index contributed by atoms with van der Waals surface area (Å²) in [6.07, 6.45) is -0.612. The predicted octanol–water partition coefficient (Wildman–Crippen LogP) is 3.59. The SMILES string of the molecule is COc1cc(OC)c2c(c1)C(=O)OC2c1cc(OC)cc(OC)c1I. The number of halogens is 1. The van der Waals surface area contributed by atoms with Crippen LogP contribution in [0.3, 0.4) is 0 Å². The molecule has 0 bridgehead atoms. The monoisotopic (exact) mass is 456 g/mol. The molecule has 0 aliphatic carbocycles. The second-order valence-electron chi connectivity index (χ2n) is 5.31. The standard InChI is InChI=1S/C18H17IO6/c1-21-9-5-11-15(13(7-9)23-3)17(25-18(11)20)12-6-10(22-2)8-14(24-4)16(12)19/h5-8,17H,1-4H3. The Balaban J connectivity index is 2.22. The summed E-state index contributed by atoms with van der Waals surface area (Å²) in [4.78, 5) is 12.4. The highest BCUT2D eigenvalue weighted by Gasteiger charge is 2.38. The molecule has 0 amide bonds. The van der Waals surface area contributed by atoms with Crippen LogP contribution < -0.4 is 18.9 Å². The number of carbonyl (C=O) groups excluding carboxylic acids is 1. The molecule has 6 nitrogen and oxygen atoms in total. The van der Waals surface area contributed by atoms with E-state index >= 15 is 0 Å². The molecule has 0 saturated carbocycles. The number of esters is 1. The van der Waals surface area contributed by atoms with Gasteiger partial charge in [0.1, 0.15) is 23.0 Å². The van der Waals surface area contributed by atoms with E-state index in [4.69, 9.17) is 23.7 Å². The number of carbonyl (C=O) groups is 1. The van der Waals surface area contributed by atoms with Gasteiger partial charge in [-0.15, -0.1) is 0 Å². The molecule has 2 aromatic carbocycles. The van der Waals surface area contributed by atoms with Crippen LogP contribution in [-0.4, -0.2) is 34.4 Å². The number of cyclic esters (lactones) is 1. The minimum Gasteiger partial charge on any atom is -0.497 e. The Bertz CT molecular complexity index is 833. The molecule has 1 aliphatic heterocycles. The minimum absolute atomic E-state index is 0.421. The van der Waals surface area contributed by atoms with Crippen LogP contribution in [0.2, 0.25) is 0 Å². The molecule has 0 saturated heterocycles. The van der Waals surface area contributed by atoms with E-state index in [2.05, 4.69) is 22.6 Å². The Morgan fingerprint density at radius 2 is 1.48 bits per heavy atom. The quantitative estimate of drug-likeness (QED) is 0.507. The van der Waals surface area contributed by atoms with Crippen molar-refractivity contribution >= 4 is 28.6 Å². The lowest BCUT2D eigenvalue weighted by Crippen LogP contribution is -2.06. The van der Waals surface area contributed by atoms with Gasteiger partial charge in [0, 0.05) is 17.7 Å². The van der Waals surface area contributed by atoms with Crippen molar-refractivity contribution in [3.05, 3.63) is 44.5 Å². The zero-order valence-electron chi connectivity index (χ0n) is 14.2. The molecule has 1 aliphatic rings. The van der Waals surface area contributed by atoms with E-state index in [0.29, 0.717) is 34.1 Å². The molecule has 0 fully saturated rings. The summed E-state index contributed by atoms with van der Waals surface area (Å²) in [6.45, 7) is 0. The van der Waals surface area contributed by atoms with Gasteiger partial charge in [-0.3, -0.25) is 0 Å². The van der Waals surface area contributed by atoms with Gasteiger partial charge in [0.25, 0.3) is 0 Å². The molecule has 25 heavy (non-hydrogen) atoms. The van der Waals surface area contributed by atoms with Crippen molar-refractivity contribution in [2.75, 3.05) is 28.4 Å². The number of fused-ring (bicyclic) bond motifs is 1. The third-order valence-corrected chi connectivity index (χ3v) is 5.21. The first-order chi connectivity index (χ1) is 12.0. The fourth-order valence-corrected chi connectivity index (χ4v) is 3.64. The van der Waals surface area contributed by atoms with Crippen molar-refractivity contribution in [1.29, 1.82) is 0 Å². The van der Waals surface area contributed by atoms with Crippen LogP contribution in [0.25, 0.3) is 0 Å². The number of benzene rings is 2. The van der Waals surface area contributed by atoms with Crippen LogP contribution >= 0.6 is 22.6 Å². The lowest BCUT2D eigenvalue weighted by Gasteiger charge is -2.18. The highest BCUT2D eigenvalue weighted by Crippen LogP contribution is 2.46. The summed E-state index contributed by atoms with van der Waals surface area (Å²) < 4.78 is 28.0. The Kier molecular flexibility index (Phi) is 4.94. The molecule has 0 N–H and O–H groups in total. The highest BCUT2D eigenvalue weighted by molar-refractivity contribution is 14.1. The van der Waals surface area contributed by atoms with Crippen molar-refractivity contribution in [3.8, 4) is 23.0 Å². The third kappa shape index (κ3) is 2.97. The van der Waals surface area contributed by atoms with Crippen LogP contribution in [0, 0.1) is 3.57 Å². The van der Waals surface area contributed by atoms with Crippen LogP contribution in [-0.2, 0) is 4.74 Å². The van der Waals surface area contributed by atoms with E-state index in [1.165, 1.54) is 7.11 Å². The van der Waals surface area contributed by atoms with Gasteiger partial charge in [-0.05, 0) is 34.7 Å². The smallest absolute Gasteiger partial charge is 0.339 e. The summed E-state index contributed by atoms with van der Waals surface area (Å²) in [6, 6.07) is 7.01. The number of methoxy groups -OCH3 is 4. The third-order valence-electron chi connectivity index (χ3n) is 4.06. The maximum absolute atomic E-state index is 12.4. The van der Waals surface area contributed by atoms with Crippen LogP contribution in [0.1, 0.15) is 27.6 Å². The Morgan fingerprint density at radius 1 is 0.880 bits per heavy atom. The van der Waals surface area contributed by atoms with Crippen LogP contribution in [0.5, 0.6) is 23.0 Å². The zero-order valence-corrected chi connectivity index (χ0v) is 16.4. The molecular formula is C18H17IO6. The van der Waals surface area contributed by atoms with E-state index in [1.54, 1.807) is 39.5 Å². The van der Waals surface area contributed by atoms with E-state index < -0.39 is 12.1 Å². The summed E-state index contributed by atoms with van der Waals surface area (Å²) in [5.41, 5.74) is 1.87. The van der Waals surface area contributed by atoms with Gasteiger partial charge in [0.2, 0.25) is 0 Å². The van der Waals surface area contributed by atoms with Gasteiger partial charge >= 0.3 is 5.97 Å². The van der Waals surface area contributed by atoms with Crippen molar-refractivity contribution in [2.45, 2.75) is 6.10 Å². The van der Waals surface area contributed by atoms with Gasteiger partial charge in [0.05, 0.1) is 43.1 Å². The van der Waals surface area contributed by atoms with Gasteiger partial charge in [-0.1, -0.05) is 0 Å². The topological polar surface area (TPSA) is 63.2 Å². The number of rotatable bonds is 5. The second kappa shape index (κ2) is 6.99. The number of hydrogen-bond donors (Lipinski definition) is 0. The first-order valence-corrected chi connectivity index (χ1v) is 8.50. The van der Waals surface area contributed by atoms with E-state index in [1.807, 2.05) is 6.07 Å². The molecule has 1 atom stereocenters. The molecule has 7 heteroatoms. The summed E-state index contributed by atoms with van der Waals surface area (Å²) in [7, 11) is 6.24. The van der Waals surface area contributed by atoms with E-state index in [9.17, 15) is 4.79 Å². The molecule has 3 rings (SSSR count). The highest BCUT2D eigenvalue weighted by atomic mass is 127. The second-order valence-corrected chi connectivity index (χ2v) is 6.39. The van der Waals surface area contributed by atoms with E-state index in [0.717, 1.165) is 9.13 Å². The zero-order chi connectivity index (χ0) is 18.1. The molecule has 132 valence electrons. The molecule has 1 unspecified atom stereocenters. The Labute approximate surface area is 159 Å². The Morgan fingerprint density at radius 3 is 2.08 bits per heavy atom. The maximum atomic E-state index is 12.4. The molecule has 0 spiro atoms. The van der Waals surface area contributed by atoms with Crippen LogP contribution in [0.4, 0.5) is 0 Å². The van der Waals surface area contributed by atoms with Gasteiger partial charge in [-0.2, -0.15) is 0 Å². The number of ether oxygens (including phenoxy) is 5.